The van der Waals surface area contributed by atoms with Gasteiger partial charge in [0.2, 0.25) is 5.91 Å². The van der Waals surface area contributed by atoms with Crippen LogP contribution in [0.25, 0.3) is 22.4 Å². The first-order valence-corrected chi connectivity index (χ1v) is 17.0. The fourth-order valence-corrected chi connectivity index (χ4v) is 7.75. The molecule has 7 rings (SSSR count). The van der Waals surface area contributed by atoms with Gasteiger partial charge in [-0.25, -0.2) is 4.98 Å². The van der Waals surface area contributed by atoms with Crippen molar-refractivity contribution in [3.8, 4) is 11.4 Å². The molecular formula is C38H46N6O2. The lowest BCUT2D eigenvalue weighted by atomic mass is 9.90. The first-order valence-electron chi connectivity index (χ1n) is 17.0. The highest BCUT2D eigenvalue weighted by molar-refractivity contribution is 6.03. The molecule has 8 heteroatoms. The molecule has 2 saturated heterocycles. The summed E-state index contributed by atoms with van der Waals surface area (Å²) in [5.74, 6) is 1.49. The molecule has 1 atom stereocenters. The lowest BCUT2D eigenvalue weighted by molar-refractivity contribution is -0.120. The zero-order valence-corrected chi connectivity index (χ0v) is 27.6. The van der Waals surface area contributed by atoms with Gasteiger partial charge in [-0.15, -0.1) is 0 Å². The fraction of sp³-hybridized carbons (Fsp3) is 0.447. The summed E-state index contributed by atoms with van der Waals surface area (Å²) in [6.07, 6.45) is 5.40. The monoisotopic (exact) mass is 618 g/mol. The minimum absolute atomic E-state index is 0.0242. The van der Waals surface area contributed by atoms with Crippen LogP contribution in [0.5, 0.6) is 0 Å². The van der Waals surface area contributed by atoms with Crippen molar-refractivity contribution in [2.75, 3.05) is 50.5 Å². The van der Waals surface area contributed by atoms with Crippen LogP contribution in [0.1, 0.15) is 61.5 Å². The van der Waals surface area contributed by atoms with Crippen molar-refractivity contribution in [2.45, 2.75) is 58.0 Å². The molecule has 3 aromatic carbocycles. The van der Waals surface area contributed by atoms with Gasteiger partial charge in [-0.2, -0.15) is 0 Å². The maximum atomic E-state index is 13.7. The van der Waals surface area contributed by atoms with Crippen molar-refractivity contribution < 1.29 is 9.59 Å². The van der Waals surface area contributed by atoms with E-state index in [0.717, 1.165) is 92.1 Å². The smallest absolute Gasteiger partial charge is 0.253 e. The molecule has 1 N–H and O–H groups in total. The minimum Gasteiger partial charge on any atom is -0.371 e. The Morgan fingerprint density at radius 3 is 2.41 bits per heavy atom. The topological polar surface area (TPSA) is 73.7 Å². The van der Waals surface area contributed by atoms with Gasteiger partial charge in [0.15, 0.2) is 0 Å². The number of nitrogens with one attached hydrogen (secondary N) is 1. The van der Waals surface area contributed by atoms with Crippen molar-refractivity contribution in [2.24, 2.45) is 11.8 Å². The zero-order valence-electron chi connectivity index (χ0n) is 27.6. The van der Waals surface area contributed by atoms with E-state index < -0.39 is 6.04 Å². The molecule has 46 heavy (non-hydrogen) atoms. The van der Waals surface area contributed by atoms with E-state index in [-0.39, 0.29) is 23.8 Å². The molecule has 0 spiro atoms. The molecule has 4 heterocycles. The van der Waals surface area contributed by atoms with E-state index in [0.29, 0.717) is 11.5 Å². The maximum Gasteiger partial charge on any atom is 0.253 e. The van der Waals surface area contributed by atoms with Gasteiger partial charge in [0.25, 0.3) is 5.91 Å². The number of aromatic nitrogens is 2. The molecule has 1 unspecified atom stereocenters. The Kier molecular flexibility index (Phi) is 8.32. The molecule has 2 fully saturated rings. The molecule has 4 aromatic rings. The number of piperidine rings is 2. The number of hydrogen-bond donors (Lipinski definition) is 1. The predicted molar refractivity (Wildman–Crippen MR) is 185 cm³/mol. The number of fused-ring (bicyclic) bond motifs is 5. The summed E-state index contributed by atoms with van der Waals surface area (Å²) in [6, 6.07) is 22.8. The van der Waals surface area contributed by atoms with Gasteiger partial charge < -0.3 is 24.6 Å². The molecule has 0 saturated carbocycles. The maximum absolute atomic E-state index is 13.7. The Morgan fingerprint density at radius 1 is 0.957 bits per heavy atom. The quantitative estimate of drug-likeness (QED) is 0.268. The number of benzene rings is 3. The van der Waals surface area contributed by atoms with Crippen LogP contribution in [-0.4, -0.2) is 77.5 Å². The van der Waals surface area contributed by atoms with E-state index in [1.807, 2.05) is 36.2 Å². The molecule has 8 nitrogen and oxygen atoms in total. The first kappa shape index (κ1) is 30.5. The van der Waals surface area contributed by atoms with Crippen LogP contribution in [0, 0.1) is 11.8 Å². The Labute approximate surface area is 272 Å². The first-order chi connectivity index (χ1) is 22.3. The van der Waals surface area contributed by atoms with Crippen LogP contribution < -0.4 is 10.2 Å². The van der Waals surface area contributed by atoms with Crippen LogP contribution in [0.3, 0.4) is 0 Å². The van der Waals surface area contributed by atoms with Gasteiger partial charge in [0, 0.05) is 43.0 Å². The van der Waals surface area contributed by atoms with Gasteiger partial charge in [0.1, 0.15) is 11.9 Å². The Hall–Kier alpha value is -4.17. The number of anilines is 2. The minimum atomic E-state index is -0.423. The van der Waals surface area contributed by atoms with Crippen molar-refractivity contribution in [3.05, 3.63) is 77.9 Å². The number of rotatable bonds is 6. The highest BCUT2D eigenvalue weighted by Gasteiger charge is 2.34. The van der Waals surface area contributed by atoms with Gasteiger partial charge in [0.05, 0.1) is 16.7 Å². The van der Waals surface area contributed by atoms with Crippen LogP contribution in [-0.2, 0) is 11.2 Å². The summed E-state index contributed by atoms with van der Waals surface area (Å²) in [7, 11) is 4.06. The van der Waals surface area contributed by atoms with Crippen LogP contribution in [0.15, 0.2) is 66.7 Å². The SMILES string of the molecule is CC(C)C1C(=O)Nc2ccc(N3CCC(Cc4ccccc4)CC3)cc2-c2nc3cc(C(=O)N(C)C4CCN(C)CC4)ccc3n21. The van der Waals surface area contributed by atoms with Crippen LogP contribution >= 0.6 is 0 Å². The van der Waals surface area contributed by atoms with Crippen molar-refractivity contribution in [1.29, 1.82) is 0 Å². The summed E-state index contributed by atoms with van der Waals surface area (Å²) >= 11 is 0. The highest BCUT2D eigenvalue weighted by atomic mass is 16.2. The second-order valence-corrected chi connectivity index (χ2v) is 14.0. The third-order valence-corrected chi connectivity index (χ3v) is 10.5. The normalized spacial score (nSPS) is 19.5. The van der Waals surface area contributed by atoms with Crippen molar-refractivity contribution in [3.63, 3.8) is 0 Å². The van der Waals surface area contributed by atoms with Gasteiger partial charge in [-0.1, -0.05) is 44.2 Å². The predicted octanol–water partition coefficient (Wildman–Crippen LogP) is 6.48. The van der Waals surface area contributed by atoms with Crippen LogP contribution in [0.4, 0.5) is 11.4 Å². The van der Waals surface area contributed by atoms with Gasteiger partial charge in [-0.05, 0) is 106 Å². The van der Waals surface area contributed by atoms with Crippen molar-refractivity contribution in [1.82, 2.24) is 19.4 Å². The number of carbonyl (C=O) groups excluding carboxylic acids is 2. The molecular weight excluding hydrogens is 572 g/mol. The summed E-state index contributed by atoms with van der Waals surface area (Å²) < 4.78 is 2.10. The molecule has 2 amide bonds. The summed E-state index contributed by atoms with van der Waals surface area (Å²) in [5.41, 5.74) is 6.54. The number of amides is 2. The largest absolute Gasteiger partial charge is 0.371 e. The lowest BCUT2D eigenvalue weighted by Gasteiger charge is -2.35. The number of imidazole rings is 1. The van der Waals surface area contributed by atoms with E-state index in [1.54, 1.807) is 0 Å². The third-order valence-electron chi connectivity index (χ3n) is 10.5. The fourth-order valence-electron chi connectivity index (χ4n) is 7.75. The van der Waals surface area contributed by atoms with Gasteiger partial charge in [-0.3, -0.25) is 9.59 Å². The molecule has 3 aliphatic rings. The Balaban J connectivity index is 1.20. The van der Waals surface area contributed by atoms with Crippen molar-refractivity contribution >= 4 is 34.2 Å². The van der Waals surface area contributed by atoms with E-state index in [4.69, 9.17) is 4.98 Å². The number of nitrogens with zero attached hydrogens (tertiary/aromatic N) is 5. The third kappa shape index (κ3) is 5.79. The van der Waals surface area contributed by atoms with Gasteiger partial charge >= 0.3 is 0 Å². The average molecular weight is 619 g/mol. The second-order valence-electron chi connectivity index (χ2n) is 14.0. The highest BCUT2D eigenvalue weighted by Crippen LogP contribution is 2.41. The Morgan fingerprint density at radius 2 is 1.70 bits per heavy atom. The average Bonchev–Trinajstić information content (AvgIpc) is 3.37. The van der Waals surface area contributed by atoms with E-state index >= 15 is 0 Å². The van der Waals surface area contributed by atoms with E-state index in [9.17, 15) is 9.59 Å². The summed E-state index contributed by atoms with van der Waals surface area (Å²) in [6.45, 7) is 8.17. The summed E-state index contributed by atoms with van der Waals surface area (Å²) in [5, 5.41) is 3.22. The standard InChI is InChI=1S/C38H46N6O2/c1-25(2)35-37(45)40-32-12-11-30(43-20-14-27(15-21-43)22-26-8-6-5-7-9-26)24-31(32)36-39-33-23-28(10-13-34(33)44(35)36)38(46)42(4)29-16-18-41(3)19-17-29/h5-13,23-25,27,29,35H,14-22H2,1-4H3,(H,40,45). The molecule has 0 bridgehead atoms. The zero-order chi connectivity index (χ0) is 31.9. The molecule has 0 aliphatic carbocycles. The number of carbonyl (C=O) groups is 2. The Bertz CT molecular complexity index is 1730. The molecule has 0 radical (unpaired) electrons. The van der Waals surface area contributed by atoms with E-state index in [2.05, 4.69) is 83.0 Å². The second kappa shape index (κ2) is 12.6. The lowest BCUT2D eigenvalue weighted by Crippen LogP contribution is -2.44. The van der Waals surface area contributed by atoms with E-state index in [1.165, 1.54) is 5.56 Å². The number of likely N-dealkylation sites (tertiary alicyclic amines) is 1. The van der Waals surface area contributed by atoms with Crippen LogP contribution in [0.2, 0.25) is 0 Å². The summed E-state index contributed by atoms with van der Waals surface area (Å²) in [4.78, 5) is 39.2. The molecule has 240 valence electrons. The molecule has 1 aromatic heterocycles. The number of hydrogen-bond acceptors (Lipinski definition) is 5. The molecule has 3 aliphatic heterocycles.